The van der Waals surface area contributed by atoms with Gasteiger partial charge in [0.15, 0.2) is 0 Å². The minimum Gasteiger partial charge on any atom is -0.401 e. The average molecular weight is 268 g/mol. The van der Waals surface area contributed by atoms with E-state index in [1.807, 2.05) is 0 Å². The number of hydrogen-bond acceptors (Lipinski definition) is 6. The monoisotopic (exact) mass is 268 g/mol. The molecule has 9 heteroatoms. The number of furan rings is 1. The maximum absolute atomic E-state index is 10.8. The van der Waals surface area contributed by atoms with Crippen LogP contribution in [-0.2, 0) is 0 Å². The van der Waals surface area contributed by atoms with Gasteiger partial charge in [0.2, 0.25) is 0 Å². The summed E-state index contributed by atoms with van der Waals surface area (Å²) in [5.41, 5.74) is 5.00. The fourth-order valence-corrected chi connectivity index (χ4v) is 1.11. The summed E-state index contributed by atoms with van der Waals surface area (Å²) in [7, 11) is 0. The number of nitrogens with zero attached hydrogens (tertiary/aromatic N) is 3. The third-order valence-corrected chi connectivity index (χ3v) is 1.91. The first kappa shape index (κ1) is 14.4. The fourth-order valence-electron chi connectivity index (χ4n) is 1.11. The van der Waals surface area contributed by atoms with E-state index in [9.17, 15) is 14.9 Å². The van der Waals surface area contributed by atoms with Gasteiger partial charge in [-0.25, -0.2) is 9.80 Å². The normalized spacial score (nSPS) is 11.2. The lowest BCUT2D eigenvalue weighted by Crippen LogP contribution is -2.33. The molecule has 0 spiro atoms. The Kier molecular flexibility index (Phi) is 5.23. The average Bonchev–Trinajstić information content (AvgIpc) is 2.81. The highest BCUT2D eigenvalue weighted by Crippen LogP contribution is 2.16. The molecular formula is C10H12N4O5. The van der Waals surface area contributed by atoms with Crippen molar-refractivity contribution in [2.45, 2.75) is 0 Å². The highest BCUT2D eigenvalue weighted by atomic mass is 16.6. The van der Waals surface area contributed by atoms with Gasteiger partial charge in [0.1, 0.15) is 10.7 Å². The molecule has 0 aromatic carbocycles. The Bertz CT molecular complexity index is 508. The number of hydrazone groups is 1. The Hall–Kier alpha value is -2.68. The highest BCUT2D eigenvalue weighted by molar-refractivity contribution is 5.79. The lowest BCUT2D eigenvalue weighted by Gasteiger charge is -2.10. The number of primary amides is 1. The zero-order valence-corrected chi connectivity index (χ0v) is 9.80. The molecule has 102 valence electrons. The molecule has 0 aliphatic heterocycles. The summed E-state index contributed by atoms with van der Waals surface area (Å²) in [5.74, 6) is -0.0958. The summed E-state index contributed by atoms with van der Waals surface area (Å²) in [5, 5.41) is 23.6. The summed E-state index contributed by atoms with van der Waals surface area (Å²) in [6, 6.07) is 1.84. The van der Waals surface area contributed by atoms with Crippen molar-refractivity contribution in [2.24, 2.45) is 10.8 Å². The molecule has 2 amide bonds. The number of aliphatic hydroxyl groups excluding tert-OH is 1. The van der Waals surface area contributed by atoms with Crippen LogP contribution in [0.4, 0.5) is 10.7 Å². The standard InChI is InChI=1S/C10H12N4O5/c11-10(16)13(6-7-15)12-5-1-2-8-3-4-9(19-8)14(17)18/h1-5,15H,6-7H2,(H2,11,16)/b2-1+,12-5+. The zero-order chi connectivity index (χ0) is 14.3. The first-order chi connectivity index (χ1) is 9.04. The van der Waals surface area contributed by atoms with Gasteiger partial charge >= 0.3 is 11.9 Å². The summed E-state index contributed by atoms with van der Waals surface area (Å²) in [6.07, 6.45) is 4.08. The molecule has 0 aliphatic rings. The Balaban J connectivity index is 2.60. The molecule has 0 fully saturated rings. The van der Waals surface area contributed by atoms with Gasteiger partial charge in [-0.3, -0.25) is 10.1 Å². The second-order valence-corrected chi connectivity index (χ2v) is 3.24. The third-order valence-electron chi connectivity index (χ3n) is 1.91. The lowest BCUT2D eigenvalue weighted by molar-refractivity contribution is -0.402. The molecule has 19 heavy (non-hydrogen) atoms. The van der Waals surface area contributed by atoms with Crippen molar-refractivity contribution in [1.82, 2.24) is 5.01 Å². The molecular weight excluding hydrogens is 256 g/mol. The quantitative estimate of drug-likeness (QED) is 0.441. The molecule has 0 aliphatic carbocycles. The van der Waals surface area contributed by atoms with Crippen LogP contribution in [0.15, 0.2) is 27.7 Å². The van der Waals surface area contributed by atoms with Crippen LogP contribution in [0, 0.1) is 10.1 Å². The molecule has 1 rings (SSSR count). The van der Waals surface area contributed by atoms with Gasteiger partial charge in [0.25, 0.3) is 0 Å². The van der Waals surface area contributed by atoms with Gasteiger partial charge in [-0.05, 0) is 18.2 Å². The van der Waals surface area contributed by atoms with Crippen LogP contribution in [-0.4, -0.2) is 40.4 Å². The van der Waals surface area contributed by atoms with E-state index in [0.29, 0.717) is 0 Å². The molecule has 0 saturated heterocycles. The van der Waals surface area contributed by atoms with Crippen LogP contribution in [0.3, 0.4) is 0 Å². The SMILES string of the molecule is NC(=O)N(CCO)/N=C/C=C/c1ccc([N+](=O)[O-])o1. The number of carbonyl (C=O) groups is 1. The summed E-state index contributed by atoms with van der Waals surface area (Å²) in [4.78, 5) is 20.5. The predicted octanol–water partition coefficient (Wildman–Crippen LogP) is 0.560. The molecule has 0 bridgehead atoms. The second-order valence-electron chi connectivity index (χ2n) is 3.24. The summed E-state index contributed by atoms with van der Waals surface area (Å²) in [6.45, 7) is -0.291. The van der Waals surface area contributed by atoms with Crippen molar-refractivity contribution < 1.29 is 19.2 Å². The summed E-state index contributed by atoms with van der Waals surface area (Å²) >= 11 is 0. The van der Waals surface area contributed by atoms with Crippen molar-refractivity contribution >= 4 is 24.2 Å². The lowest BCUT2D eigenvalue weighted by atomic mass is 10.4. The van der Waals surface area contributed by atoms with Gasteiger partial charge < -0.3 is 15.3 Å². The minimum atomic E-state index is -0.799. The number of allylic oxidation sites excluding steroid dienone is 1. The van der Waals surface area contributed by atoms with E-state index < -0.39 is 11.0 Å². The number of nitro groups is 1. The highest BCUT2D eigenvalue weighted by Gasteiger charge is 2.09. The van der Waals surface area contributed by atoms with E-state index in [1.165, 1.54) is 30.5 Å². The van der Waals surface area contributed by atoms with Gasteiger partial charge in [-0.2, -0.15) is 5.10 Å². The van der Waals surface area contributed by atoms with Crippen LogP contribution in [0.5, 0.6) is 0 Å². The predicted molar refractivity (Wildman–Crippen MR) is 66.3 cm³/mol. The van der Waals surface area contributed by atoms with E-state index in [4.69, 9.17) is 15.3 Å². The molecule has 0 unspecified atom stereocenters. The number of urea groups is 1. The first-order valence-electron chi connectivity index (χ1n) is 5.17. The maximum Gasteiger partial charge on any atom is 0.433 e. The van der Waals surface area contributed by atoms with Crippen molar-refractivity contribution in [3.05, 3.63) is 34.1 Å². The molecule has 1 aromatic rings. The Morgan fingerprint density at radius 1 is 1.63 bits per heavy atom. The molecule has 9 nitrogen and oxygen atoms in total. The summed E-state index contributed by atoms with van der Waals surface area (Å²) < 4.78 is 4.85. The largest absolute Gasteiger partial charge is 0.433 e. The molecule has 0 atom stereocenters. The maximum atomic E-state index is 10.8. The van der Waals surface area contributed by atoms with Crippen molar-refractivity contribution in [1.29, 1.82) is 0 Å². The number of nitrogens with two attached hydrogens (primary N) is 1. The first-order valence-corrected chi connectivity index (χ1v) is 5.17. The number of rotatable bonds is 6. The second kappa shape index (κ2) is 6.91. The van der Waals surface area contributed by atoms with Gasteiger partial charge in [-0.15, -0.1) is 0 Å². The molecule has 0 saturated carbocycles. The van der Waals surface area contributed by atoms with Crippen molar-refractivity contribution in [3.63, 3.8) is 0 Å². The van der Waals surface area contributed by atoms with Gasteiger partial charge in [0.05, 0.1) is 19.2 Å². The topological polar surface area (TPSA) is 135 Å². The van der Waals surface area contributed by atoms with Crippen LogP contribution in [0.25, 0.3) is 6.08 Å². The van der Waals surface area contributed by atoms with E-state index in [0.717, 1.165) is 5.01 Å². The molecule has 0 radical (unpaired) electrons. The van der Waals surface area contributed by atoms with E-state index in [-0.39, 0.29) is 24.8 Å². The third kappa shape index (κ3) is 4.60. The van der Waals surface area contributed by atoms with E-state index in [2.05, 4.69) is 5.10 Å². The van der Waals surface area contributed by atoms with Gasteiger partial charge in [0, 0.05) is 6.21 Å². The number of aliphatic hydroxyl groups is 1. The molecule has 1 aromatic heterocycles. The number of hydrogen-bond donors (Lipinski definition) is 2. The van der Waals surface area contributed by atoms with Gasteiger partial charge in [-0.1, -0.05) is 0 Å². The molecule has 3 N–H and O–H groups in total. The molecule has 1 heterocycles. The Labute approximate surface area is 107 Å². The van der Waals surface area contributed by atoms with Crippen molar-refractivity contribution in [2.75, 3.05) is 13.2 Å². The van der Waals surface area contributed by atoms with Crippen LogP contribution in [0.1, 0.15) is 5.76 Å². The van der Waals surface area contributed by atoms with E-state index >= 15 is 0 Å². The Morgan fingerprint density at radius 2 is 2.37 bits per heavy atom. The zero-order valence-electron chi connectivity index (χ0n) is 9.80. The number of carbonyl (C=O) groups excluding carboxylic acids is 1. The van der Waals surface area contributed by atoms with Crippen LogP contribution in [0.2, 0.25) is 0 Å². The van der Waals surface area contributed by atoms with E-state index in [1.54, 1.807) is 0 Å². The van der Waals surface area contributed by atoms with Crippen LogP contribution < -0.4 is 5.73 Å². The minimum absolute atomic E-state index is 0.0219. The number of amides is 2. The smallest absolute Gasteiger partial charge is 0.401 e. The van der Waals surface area contributed by atoms with Crippen molar-refractivity contribution in [3.8, 4) is 0 Å². The Morgan fingerprint density at radius 3 is 2.89 bits per heavy atom. The van der Waals surface area contributed by atoms with Crippen LogP contribution >= 0.6 is 0 Å². The fraction of sp³-hybridized carbons (Fsp3) is 0.200.